The highest BCUT2D eigenvalue weighted by Gasteiger charge is 2.31. The number of hydrogen-bond donors (Lipinski definition) is 1. The van der Waals surface area contributed by atoms with E-state index >= 15 is 0 Å². The molecular formula is C11H13BrF3NO2S. The Hall–Kier alpha value is -0.600. The van der Waals surface area contributed by atoms with Gasteiger partial charge in [0.2, 0.25) is 10.0 Å². The first-order valence-electron chi connectivity index (χ1n) is 5.44. The van der Waals surface area contributed by atoms with Crippen LogP contribution in [-0.4, -0.2) is 19.8 Å². The molecule has 0 spiro atoms. The summed E-state index contributed by atoms with van der Waals surface area (Å²) in [6.45, 7) is 2.00. The molecule has 1 aromatic carbocycles. The van der Waals surface area contributed by atoms with Crippen LogP contribution in [0.25, 0.3) is 0 Å². The zero-order valence-electron chi connectivity index (χ0n) is 10.0. The summed E-state index contributed by atoms with van der Waals surface area (Å²) in [5.74, 6) is 0. The molecule has 0 saturated heterocycles. The standard InChI is InChI=1S/C11H13BrF3NO2S/c1-8(12)5-6-16-19(17,18)10-4-2-3-9(7-10)11(13,14)15/h2-4,7-8,16H,5-6H2,1H3. The number of alkyl halides is 4. The van der Waals surface area contributed by atoms with Crippen LogP contribution >= 0.6 is 15.9 Å². The molecule has 0 aromatic heterocycles. The Morgan fingerprint density at radius 3 is 2.53 bits per heavy atom. The lowest BCUT2D eigenvalue weighted by Crippen LogP contribution is -2.26. The highest BCUT2D eigenvalue weighted by Crippen LogP contribution is 2.30. The van der Waals surface area contributed by atoms with Gasteiger partial charge in [-0.15, -0.1) is 0 Å². The van der Waals surface area contributed by atoms with Crippen molar-refractivity contribution < 1.29 is 21.6 Å². The van der Waals surface area contributed by atoms with Crippen LogP contribution in [0.3, 0.4) is 0 Å². The molecule has 1 rings (SSSR count). The molecule has 1 N–H and O–H groups in total. The molecule has 0 aliphatic rings. The van der Waals surface area contributed by atoms with Crippen LogP contribution in [0.15, 0.2) is 29.2 Å². The number of halogens is 4. The molecule has 0 fully saturated rings. The molecule has 0 radical (unpaired) electrons. The summed E-state index contributed by atoms with van der Waals surface area (Å²) in [6.07, 6.45) is -4.02. The van der Waals surface area contributed by atoms with Gasteiger partial charge in [0, 0.05) is 11.4 Å². The topological polar surface area (TPSA) is 46.2 Å². The van der Waals surface area contributed by atoms with Crippen molar-refractivity contribution in [3.05, 3.63) is 29.8 Å². The largest absolute Gasteiger partial charge is 0.416 e. The monoisotopic (exact) mass is 359 g/mol. The minimum Gasteiger partial charge on any atom is -0.211 e. The third kappa shape index (κ3) is 5.12. The summed E-state index contributed by atoms with van der Waals surface area (Å²) in [6, 6.07) is 3.67. The van der Waals surface area contributed by atoms with Gasteiger partial charge in [0.1, 0.15) is 0 Å². The maximum absolute atomic E-state index is 12.5. The van der Waals surface area contributed by atoms with Gasteiger partial charge in [0.15, 0.2) is 0 Å². The average molecular weight is 360 g/mol. The molecule has 19 heavy (non-hydrogen) atoms. The van der Waals surface area contributed by atoms with E-state index in [9.17, 15) is 21.6 Å². The number of benzene rings is 1. The normalized spacial score (nSPS) is 14.4. The van der Waals surface area contributed by atoms with Crippen molar-refractivity contribution in [2.75, 3.05) is 6.54 Å². The van der Waals surface area contributed by atoms with E-state index in [4.69, 9.17) is 0 Å². The van der Waals surface area contributed by atoms with Gasteiger partial charge < -0.3 is 0 Å². The van der Waals surface area contributed by atoms with Crippen LogP contribution in [0.1, 0.15) is 18.9 Å². The number of hydrogen-bond acceptors (Lipinski definition) is 2. The molecule has 0 saturated carbocycles. The van der Waals surface area contributed by atoms with E-state index in [-0.39, 0.29) is 16.3 Å². The maximum atomic E-state index is 12.5. The number of nitrogens with one attached hydrogen (secondary N) is 1. The molecule has 0 bridgehead atoms. The minimum atomic E-state index is -4.56. The van der Waals surface area contributed by atoms with Gasteiger partial charge in [0.05, 0.1) is 10.5 Å². The summed E-state index contributed by atoms with van der Waals surface area (Å²) >= 11 is 3.25. The Morgan fingerprint density at radius 2 is 2.00 bits per heavy atom. The first kappa shape index (κ1) is 16.5. The molecule has 0 amide bonds. The highest BCUT2D eigenvalue weighted by atomic mass is 79.9. The Bertz CT molecular complexity index is 529. The van der Waals surface area contributed by atoms with E-state index in [2.05, 4.69) is 20.7 Å². The van der Waals surface area contributed by atoms with Crippen LogP contribution in [0.5, 0.6) is 0 Å². The van der Waals surface area contributed by atoms with Crippen LogP contribution in [0.2, 0.25) is 0 Å². The second-order valence-corrected chi connectivity index (χ2v) is 7.32. The lowest BCUT2D eigenvalue weighted by atomic mass is 10.2. The molecule has 0 heterocycles. The van der Waals surface area contributed by atoms with Crippen LogP contribution in [0, 0.1) is 0 Å². The fourth-order valence-corrected chi connectivity index (χ4v) is 2.64. The quantitative estimate of drug-likeness (QED) is 0.820. The zero-order chi connectivity index (χ0) is 14.7. The first-order valence-corrected chi connectivity index (χ1v) is 7.84. The van der Waals surface area contributed by atoms with Gasteiger partial charge >= 0.3 is 6.18 Å². The van der Waals surface area contributed by atoms with Crippen LogP contribution in [-0.2, 0) is 16.2 Å². The van der Waals surface area contributed by atoms with Crippen molar-refractivity contribution in [3.8, 4) is 0 Å². The second-order valence-electron chi connectivity index (χ2n) is 3.99. The van der Waals surface area contributed by atoms with E-state index in [0.717, 1.165) is 18.2 Å². The molecule has 3 nitrogen and oxygen atoms in total. The van der Waals surface area contributed by atoms with Crippen molar-refractivity contribution in [3.63, 3.8) is 0 Å². The molecule has 108 valence electrons. The summed E-state index contributed by atoms with van der Waals surface area (Å²) in [5.41, 5.74) is -0.982. The lowest BCUT2D eigenvalue weighted by Gasteiger charge is -2.10. The molecule has 1 atom stereocenters. The van der Waals surface area contributed by atoms with E-state index in [1.165, 1.54) is 0 Å². The molecule has 1 aromatic rings. The van der Waals surface area contributed by atoms with Crippen molar-refractivity contribution in [2.45, 2.75) is 29.2 Å². The summed E-state index contributed by atoms with van der Waals surface area (Å²) in [7, 11) is -3.91. The van der Waals surface area contributed by atoms with E-state index in [0.29, 0.717) is 12.5 Å². The number of sulfonamides is 1. The molecule has 0 aliphatic heterocycles. The van der Waals surface area contributed by atoms with Gasteiger partial charge in [-0.2, -0.15) is 13.2 Å². The van der Waals surface area contributed by atoms with Gasteiger partial charge in [-0.25, -0.2) is 13.1 Å². The Labute approximate surface area is 118 Å². The molecule has 0 aliphatic carbocycles. The first-order chi connectivity index (χ1) is 8.63. The SMILES string of the molecule is CC(Br)CCNS(=O)(=O)c1cccc(C(F)(F)F)c1. The average Bonchev–Trinajstić information content (AvgIpc) is 2.27. The van der Waals surface area contributed by atoms with Crippen LogP contribution in [0.4, 0.5) is 13.2 Å². The minimum absolute atomic E-state index is 0.122. The molecule has 8 heteroatoms. The Kier molecular flexibility index (Phi) is 5.40. The van der Waals surface area contributed by atoms with Gasteiger partial charge in [-0.05, 0) is 24.6 Å². The third-order valence-electron chi connectivity index (χ3n) is 2.31. The second kappa shape index (κ2) is 6.23. The van der Waals surface area contributed by atoms with Crippen molar-refractivity contribution >= 4 is 26.0 Å². The Balaban J connectivity index is 2.90. The fourth-order valence-electron chi connectivity index (χ4n) is 1.32. The predicted molar refractivity (Wildman–Crippen MR) is 69.6 cm³/mol. The van der Waals surface area contributed by atoms with Crippen molar-refractivity contribution in [2.24, 2.45) is 0 Å². The summed E-state index contributed by atoms with van der Waals surface area (Å²) in [4.78, 5) is -0.263. The third-order valence-corrected chi connectivity index (χ3v) is 4.22. The van der Waals surface area contributed by atoms with Crippen molar-refractivity contribution in [1.29, 1.82) is 0 Å². The molecular weight excluding hydrogens is 347 g/mol. The fraction of sp³-hybridized carbons (Fsp3) is 0.455. The Morgan fingerprint density at radius 1 is 1.37 bits per heavy atom. The van der Waals surface area contributed by atoms with Gasteiger partial charge in [-0.1, -0.05) is 28.9 Å². The van der Waals surface area contributed by atoms with Gasteiger partial charge in [0.25, 0.3) is 0 Å². The molecule has 1 unspecified atom stereocenters. The highest BCUT2D eigenvalue weighted by molar-refractivity contribution is 9.09. The number of rotatable bonds is 5. The predicted octanol–water partition coefficient (Wildman–Crippen LogP) is 3.16. The maximum Gasteiger partial charge on any atom is 0.416 e. The van der Waals surface area contributed by atoms with Gasteiger partial charge in [-0.3, -0.25) is 0 Å². The van der Waals surface area contributed by atoms with Crippen molar-refractivity contribution in [1.82, 2.24) is 4.72 Å². The van der Waals surface area contributed by atoms with Crippen LogP contribution < -0.4 is 4.72 Å². The smallest absolute Gasteiger partial charge is 0.211 e. The zero-order valence-corrected chi connectivity index (χ0v) is 12.4. The van der Waals surface area contributed by atoms with E-state index < -0.39 is 21.8 Å². The lowest BCUT2D eigenvalue weighted by molar-refractivity contribution is -0.137. The summed E-state index contributed by atoms with van der Waals surface area (Å²) in [5, 5.41) is 0. The van der Waals surface area contributed by atoms with E-state index in [1.807, 2.05) is 6.92 Å². The summed E-state index contributed by atoms with van der Waals surface area (Å²) < 4.78 is 63.3. The van der Waals surface area contributed by atoms with E-state index in [1.54, 1.807) is 0 Å².